The molecule has 0 spiro atoms. The van der Waals surface area contributed by atoms with E-state index in [9.17, 15) is 0 Å². The molecule has 0 aliphatic heterocycles. The van der Waals surface area contributed by atoms with Gasteiger partial charge in [0.05, 0.1) is 0 Å². The normalized spacial score (nSPS) is 13.4. The first-order valence-corrected chi connectivity index (χ1v) is 10.2. The topological polar surface area (TPSA) is 0 Å². The van der Waals surface area contributed by atoms with E-state index in [0.29, 0.717) is 0 Å². The molecule has 2 atom stereocenters. The molecule has 0 bridgehead atoms. The minimum Gasteiger partial charge on any atom is -0.105 e. The second kappa shape index (κ2) is 8.87. The van der Waals surface area contributed by atoms with E-state index in [-0.39, 0.29) is 9.42 Å². The van der Waals surface area contributed by atoms with Gasteiger partial charge in [-0.3, -0.25) is 0 Å². The van der Waals surface area contributed by atoms with Crippen LogP contribution in [0.3, 0.4) is 0 Å². The third-order valence-corrected chi connectivity index (χ3v) is 6.51. The fourth-order valence-electron chi connectivity index (χ4n) is 2.17. The smallest absolute Gasteiger partial charge is 0.105 e. The molecule has 0 N–H and O–H groups in total. The van der Waals surface area contributed by atoms with Gasteiger partial charge >= 0.3 is 0 Å². The van der Waals surface area contributed by atoms with Crippen LogP contribution >= 0.6 is 46.7 Å². The van der Waals surface area contributed by atoms with Crippen LogP contribution in [0.1, 0.15) is 20.5 Å². The molecular weight excluding hydrogens is 375 g/mol. The molecule has 0 radical (unpaired) electrons. The molecule has 24 heavy (non-hydrogen) atoms. The monoisotopic (exact) mass is 390 g/mol. The van der Waals surface area contributed by atoms with Crippen LogP contribution in [0.2, 0.25) is 0 Å². The lowest BCUT2D eigenvalue weighted by Gasteiger charge is -2.13. The molecule has 0 aliphatic carbocycles. The van der Waals surface area contributed by atoms with Gasteiger partial charge < -0.3 is 0 Å². The second-order valence-corrected chi connectivity index (χ2v) is 8.91. The number of rotatable bonds is 6. The van der Waals surface area contributed by atoms with Gasteiger partial charge in [-0.15, -0.1) is 46.7 Å². The van der Waals surface area contributed by atoms with Gasteiger partial charge in [0, 0.05) is 9.79 Å². The summed E-state index contributed by atoms with van der Waals surface area (Å²) in [5.41, 5.74) is 2.17. The van der Waals surface area contributed by atoms with Crippen molar-refractivity contribution in [2.45, 2.75) is 19.2 Å². The highest BCUT2D eigenvalue weighted by molar-refractivity contribution is 8.01. The summed E-state index contributed by atoms with van der Waals surface area (Å²) in [6, 6.07) is 28.6. The zero-order valence-electron chi connectivity index (χ0n) is 12.8. The second-order valence-electron chi connectivity index (χ2n) is 5.16. The van der Waals surface area contributed by atoms with Crippen LogP contribution < -0.4 is 0 Å². The van der Waals surface area contributed by atoms with E-state index in [4.69, 9.17) is 23.2 Å². The van der Waals surface area contributed by atoms with Crippen LogP contribution in [0.25, 0.3) is 0 Å². The van der Waals surface area contributed by atoms with Gasteiger partial charge in [-0.2, -0.15) is 0 Å². The Labute approximate surface area is 161 Å². The van der Waals surface area contributed by atoms with Crippen LogP contribution in [-0.4, -0.2) is 0 Å². The van der Waals surface area contributed by atoms with Crippen LogP contribution in [0.15, 0.2) is 94.7 Å². The molecule has 0 heterocycles. The minimum atomic E-state index is -0.114. The number of hydrogen-bond donors (Lipinski definition) is 0. The quantitative estimate of drug-likeness (QED) is 0.311. The van der Waals surface area contributed by atoms with Gasteiger partial charge in [-0.25, -0.2) is 0 Å². The van der Waals surface area contributed by atoms with Gasteiger partial charge in [0.1, 0.15) is 9.42 Å². The van der Waals surface area contributed by atoms with Crippen molar-refractivity contribution in [2.24, 2.45) is 0 Å². The Bertz CT molecular complexity index is 679. The van der Waals surface area contributed by atoms with Crippen LogP contribution in [0.4, 0.5) is 0 Å². The van der Waals surface area contributed by atoms with Crippen molar-refractivity contribution in [1.29, 1.82) is 0 Å². The molecule has 2 unspecified atom stereocenters. The van der Waals surface area contributed by atoms with Crippen molar-refractivity contribution < 1.29 is 0 Å². The number of alkyl halides is 2. The lowest BCUT2D eigenvalue weighted by atomic mass is 10.2. The molecule has 4 heteroatoms. The van der Waals surface area contributed by atoms with Gasteiger partial charge in [0.2, 0.25) is 0 Å². The van der Waals surface area contributed by atoms with Crippen molar-refractivity contribution in [3.8, 4) is 0 Å². The first-order chi connectivity index (χ1) is 11.7. The molecule has 0 amide bonds. The predicted octanol–water partition coefficient (Wildman–Crippen LogP) is 7.75. The summed E-state index contributed by atoms with van der Waals surface area (Å²) >= 11 is 16.3. The maximum absolute atomic E-state index is 6.53. The van der Waals surface area contributed by atoms with Crippen molar-refractivity contribution in [2.75, 3.05) is 0 Å². The first-order valence-electron chi connectivity index (χ1n) is 7.54. The Morgan fingerprint density at radius 3 is 1.17 bits per heavy atom. The number of hydrogen-bond acceptors (Lipinski definition) is 2. The fraction of sp³-hybridized carbons (Fsp3) is 0.100. The summed E-state index contributed by atoms with van der Waals surface area (Å²) in [6.07, 6.45) is 0. The Kier molecular flexibility index (Phi) is 6.56. The summed E-state index contributed by atoms with van der Waals surface area (Å²) in [5, 5.41) is 0. The predicted molar refractivity (Wildman–Crippen MR) is 108 cm³/mol. The van der Waals surface area contributed by atoms with Crippen LogP contribution in [-0.2, 0) is 0 Å². The standard InChI is InChI=1S/C20H16Cl2S2/c21-19(23-17-7-3-1-4-8-17)15-11-13-16(14-12-15)20(22)24-18-9-5-2-6-10-18/h1-14,19-20H. The molecule has 0 aliphatic rings. The highest BCUT2D eigenvalue weighted by atomic mass is 35.5. The maximum atomic E-state index is 6.53. The van der Waals surface area contributed by atoms with Crippen molar-refractivity contribution in [3.63, 3.8) is 0 Å². The molecule has 3 rings (SSSR count). The molecular formula is C20H16Cl2S2. The van der Waals surface area contributed by atoms with Crippen molar-refractivity contribution >= 4 is 46.7 Å². The summed E-state index contributed by atoms with van der Waals surface area (Å²) in [6.45, 7) is 0. The zero-order chi connectivity index (χ0) is 16.8. The highest BCUT2D eigenvalue weighted by Crippen LogP contribution is 2.41. The summed E-state index contributed by atoms with van der Waals surface area (Å²) in [5.74, 6) is 0. The fourth-order valence-corrected chi connectivity index (χ4v) is 4.77. The van der Waals surface area contributed by atoms with E-state index in [1.165, 1.54) is 0 Å². The van der Waals surface area contributed by atoms with E-state index in [1.54, 1.807) is 23.5 Å². The lowest BCUT2D eigenvalue weighted by Crippen LogP contribution is -1.89. The zero-order valence-corrected chi connectivity index (χ0v) is 16.0. The van der Waals surface area contributed by atoms with E-state index in [0.717, 1.165) is 20.9 Å². The molecule has 0 saturated heterocycles. The third kappa shape index (κ3) is 4.97. The van der Waals surface area contributed by atoms with Gasteiger partial charge in [-0.1, -0.05) is 60.7 Å². The Morgan fingerprint density at radius 2 is 0.833 bits per heavy atom. The van der Waals surface area contributed by atoms with E-state index in [2.05, 4.69) is 48.5 Å². The first kappa shape index (κ1) is 17.8. The molecule has 0 saturated carbocycles. The SMILES string of the molecule is ClC(Sc1ccccc1)c1ccc(C(Cl)Sc2ccccc2)cc1. The summed E-state index contributed by atoms with van der Waals surface area (Å²) in [7, 11) is 0. The minimum absolute atomic E-state index is 0.114. The van der Waals surface area contributed by atoms with E-state index < -0.39 is 0 Å². The van der Waals surface area contributed by atoms with Gasteiger partial charge in [0.25, 0.3) is 0 Å². The Morgan fingerprint density at radius 1 is 0.500 bits per heavy atom. The largest absolute Gasteiger partial charge is 0.108 e. The van der Waals surface area contributed by atoms with Gasteiger partial charge in [0.15, 0.2) is 0 Å². The maximum Gasteiger partial charge on any atom is 0.108 e. The van der Waals surface area contributed by atoms with E-state index >= 15 is 0 Å². The molecule has 0 nitrogen and oxygen atoms in total. The lowest BCUT2D eigenvalue weighted by molar-refractivity contribution is 1.28. The Balaban J connectivity index is 1.64. The summed E-state index contributed by atoms with van der Waals surface area (Å²) < 4.78 is -0.228. The highest BCUT2D eigenvalue weighted by Gasteiger charge is 2.13. The number of thioether (sulfide) groups is 2. The number of halogens is 2. The van der Waals surface area contributed by atoms with Crippen LogP contribution in [0.5, 0.6) is 0 Å². The van der Waals surface area contributed by atoms with Crippen molar-refractivity contribution in [3.05, 3.63) is 96.1 Å². The molecule has 0 fully saturated rings. The Hall–Kier alpha value is -1.06. The molecule has 122 valence electrons. The van der Waals surface area contributed by atoms with Crippen LogP contribution in [0, 0.1) is 0 Å². The average molecular weight is 391 g/mol. The van der Waals surface area contributed by atoms with Gasteiger partial charge in [-0.05, 0) is 35.4 Å². The summed E-state index contributed by atoms with van der Waals surface area (Å²) in [4.78, 5) is 2.33. The molecule has 3 aromatic rings. The molecule has 0 aromatic heterocycles. The van der Waals surface area contributed by atoms with Crippen molar-refractivity contribution in [1.82, 2.24) is 0 Å². The average Bonchev–Trinajstić information content (AvgIpc) is 2.63. The molecule has 3 aromatic carbocycles. The third-order valence-electron chi connectivity index (χ3n) is 3.43. The number of benzene rings is 3. The van der Waals surface area contributed by atoms with E-state index in [1.807, 2.05) is 36.4 Å².